The summed E-state index contributed by atoms with van der Waals surface area (Å²) in [7, 11) is 0. The van der Waals surface area contributed by atoms with Crippen LogP contribution in [0.3, 0.4) is 0 Å². The average molecular weight is 508 g/mol. The summed E-state index contributed by atoms with van der Waals surface area (Å²) in [4.78, 5) is 22.8. The van der Waals surface area contributed by atoms with Crippen molar-refractivity contribution in [3.8, 4) is 28.7 Å². The highest BCUT2D eigenvalue weighted by atomic mass is 19.1. The Labute approximate surface area is 212 Å². The molecule has 4 aromatic rings. The van der Waals surface area contributed by atoms with Crippen LogP contribution >= 0.6 is 0 Å². The van der Waals surface area contributed by atoms with Gasteiger partial charge in [0.25, 0.3) is 0 Å². The van der Waals surface area contributed by atoms with Crippen molar-refractivity contribution in [2.75, 3.05) is 6.54 Å². The molecule has 37 heavy (non-hydrogen) atoms. The number of halogens is 1. The number of aromatic nitrogens is 6. The fraction of sp³-hybridized carbons (Fsp3) is 0.360. The number of nitrogens with zero attached hydrogens (tertiary/aromatic N) is 7. The summed E-state index contributed by atoms with van der Waals surface area (Å²) in [5.41, 5.74) is 2.00. The van der Waals surface area contributed by atoms with Gasteiger partial charge in [0.2, 0.25) is 5.88 Å². The minimum absolute atomic E-state index is 0.150. The Hall–Kier alpha value is -4.35. The fourth-order valence-electron chi connectivity index (χ4n) is 3.88. The smallest absolute Gasteiger partial charge is 0.410 e. The Morgan fingerprint density at radius 1 is 1.11 bits per heavy atom. The van der Waals surface area contributed by atoms with Gasteiger partial charge in [-0.3, -0.25) is 4.90 Å². The topological polar surface area (TPSA) is 121 Å². The molecule has 0 fully saturated rings. The van der Waals surface area contributed by atoms with Gasteiger partial charge < -0.3 is 18.6 Å². The minimum atomic E-state index is -0.567. The van der Waals surface area contributed by atoms with Crippen molar-refractivity contribution in [3.05, 3.63) is 59.6 Å². The summed E-state index contributed by atoms with van der Waals surface area (Å²) in [6.45, 7) is 8.71. The van der Waals surface area contributed by atoms with Crippen molar-refractivity contribution < 1.29 is 23.2 Å². The van der Waals surface area contributed by atoms with E-state index in [0.29, 0.717) is 54.3 Å². The number of ether oxygens (including phenoxy) is 2. The first-order valence-corrected chi connectivity index (χ1v) is 11.7. The zero-order valence-electron chi connectivity index (χ0n) is 20.9. The number of carbonyl (C=O) groups excluding carboxylic acids is 1. The lowest BCUT2D eigenvalue weighted by Gasteiger charge is -2.30. The standard InChI is InChI=1S/C25H26FN7O4/c1-15-18(22(31-37-15)16-5-7-17(26)8-6-16)14-35-21-12-27-19(11-28-21)23-30-29-20-13-32(9-10-33(20)23)24(34)36-25(2,3)4/h5-8,11-12H,9-10,13-14H2,1-4H3. The maximum absolute atomic E-state index is 13.3. The number of benzene rings is 1. The van der Waals surface area contributed by atoms with E-state index in [1.165, 1.54) is 18.3 Å². The van der Waals surface area contributed by atoms with Crippen LogP contribution in [0, 0.1) is 12.7 Å². The molecule has 12 heteroatoms. The SMILES string of the molecule is Cc1onc(-c2ccc(F)cc2)c1COc1cnc(-c2nnc3n2CCN(C(=O)OC(C)(C)C)C3)cn1. The Kier molecular flexibility index (Phi) is 6.32. The van der Waals surface area contributed by atoms with Gasteiger partial charge in [-0.2, -0.15) is 0 Å². The molecule has 1 aliphatic rings. The second-order valence-electron chi connectivity index (χ2n) is 9.59. The first kappa shape index (κ1) is 24.3. The molecule has 0 spiro atoms. The lowest BCUT2D eigenvalue weighted by molar-refractivity contribution is 0.0195. The van der Waals surface area contributed by atoms with Crippen LogP contribution in [0.2, 0.25) is 0 Å². The number of rotatable bonds is 5. The number of carbonyl (C=O) groups is 1. The Balaban J connectivity index is 1.26. The van der Waals surface area contributed by atoms with E-state index in [1.54, 1.807) is 30.2 Å². The summed E-state index contributed by atoms with van der Waals surface area (Å²) in [6, 6.07) is 6.01. The number of aryl methyl sites for hydroxylation is 1. The normalized spacial score (nSPS) is 13.4. The van der Waals surface area contributed by atoms with Crippen LogP contribution in [0.4, 0.5) is 9.18 Å². The highest BCUT2D eigenvalue weighted by Crippen LogP contribution is 2.27. The van der Waals surface area contributed by atoms with E-state index in [1.807, 2.05) is 25.3 Å². The molecule has 4 heterocycles. The summed E-state index contributed by atoms with van der Waals surface area (Å²) < 4.78 is 31.8. The molecule has 0 unspecified atom stereocenters. The molecular weight excluding hydrogens is 481 g/mol. The van der Waals surface area contributed by atoms with E-state index >= 15 is 0 Å². The molecule has 1 aliphatic heterocycles. The lowest BCUT2D eigenvalue weighted by Crippen LogP contribution is -2.41. The quantitative estimate of drug-likeness (QED) is 0.392. The first-order valence-electron chi connectivity index (χ1n) is 11.7. The molecule has 11 nitrogen and oxygen atoms in total. The van der Waals surface area contributed by atoms with Crippen LogP contribution in [0.15, 0.2) is 41.2 Å². The molecule has 5 rings (SSSR count). The van der Waals surface area contributed by atoms with Crippen molar-refractivity contribution in [2.24, 2.45) is 0 Å². The summed E-state index contributed by atoms with van der Waals surface area (Å²) >= 11 is 0. The summed E-state index contributed by atoms with van der Waals surface area (Å²) in [5, 5.41) is 12.6. The highest BCUT2D eigenvalue weighted by molar-refractivity contribution is 5.68. The van der Waals surface area contributed by atoms with Crippen molar-refractivity contribution in [2.45, 2.75) is 53.0 Å². The largest absolute Gasteiger partial charge is 0.471 e. The van der Waals surface area contributed by atoms with Gasteiger partial charge in [-0.25, -0.2) is 19.2 Å². The van der Waals surface area contributed by atoms with Crippen molar-refractivity contribution in [1.82, 2.24) is 34.8 Å². The second-order valence-corrected chi connectivity index (χ2v) is 9.59. The Bertz CT molecular complexity index is 1410. The van der Waals surface area contributed by atoms with E-state index in [0.717, 1.165) is 11.1 Å². The van der Waals surface area contributed by atoms with Gasteiger partial charge in [-0.15, -0.1) is 10.2 Å². The maximum Gasteiger partial charge on any atom is 0.410 e. The number of hydrogen-bond donors (Lipinski definition) is 0. The minimum Gasteiger partial charge on any atom is -0.471 e. The molecule has 0 saturated heterocycles. The van der Waals surface area contributed by atoms with Crippen molar-refractivity contribution in [3.63, 3.8) is 0 Å². The average Bonchev–Trinajstić information content (AvgIpc) is 3.45. The van der Waals surface area contributed by atoms with E-state index in [9.17, 15) is 9.18 Å². The molecular formula is C25H26FN7O4. The third kappa shape index (κ3) is 5.27. The van der Waals surface area contributed by atoms with Gasteiger partial charge >= 0.3 is 6.09 Å². The maximum atomic E-state index is 13.3. The van der Waals surface area contributed by atoms with Gasteiger partial charge in [0.05, 0.1) is 24.5 Å². The molecule has 0 radical (unpaired) electrons. The molecule has 1 amide bonds. The van der Waals surface area contributed by atoms with Crippen molar-refractivity contribution in [1.29, 1.82) is 0 Å². The van der Waals surface area contributed by atoms with Crippen LogP contribution in [-0.2, 0) is 24.4 Å². The second kappa shape index (κ2) is 9.60. The molecule has 0 N–H and O–H groups in total. The zero-order valence-corrected chi connectivity index (χ0v) is 20.9. The van der Waals surface area contributed by atoms with Gasteiger partial charge in [0.15, 0.2) is 11.6 Å². The molecule has 192 valence electrons. The highest BCUT2D eigenvalue weighted by Gasteiger charge is 2.28. The van der Waals surface area contributed by atoms with Gasteiger partial charge in [0.1, 0.15) is 35.2 Å². The van der Waals surface area contributed by atoms with Crippen LogP contribution in [0.25, 0.3) is 22.8 Å². The van der Waals surface area contributed by atoms with Gasteiger partial charge in [-0.05, 0) is 52.0 Å². The van der Waals surface area contributed by atoms with Crippen LogP contribution in [0.1, 0.15) is 37.9 Å². The van der Waals surface area contributed by atoms with Crippen LogP contribution in [-0.4, -0.2) is 53.0 Å². The van der Waals surface area contributed by atoms with Crippen LogP contribution < -0.4 is 4.74 Å². The molecule has 0 aliphatic carbocycles. The molecule has 3 aromatic heterocycles. The van der Waals surface area contributed by atoms with Crippen LogP contribution in [0.5, 0.6) is 5.88 Å². The monoisotopic (exact) mass is 507 g/mol. The van der Waals surface area contributed by atoms with E-state index in [-0.39, 0.29) is 18.5 Å². The van der Waals surface area contributed by atoms with E-state index < -0.39 is 5.60 Å². The lowest BCUT2D eigenvalue weighted by atomic mass is 10.1. The summed E-state index contributed by atoms with van der Waals surface area (Å²) in [5.74, 6) is 1.78. The molecule has 0 atom stereocenters. The van der Waals surface area contributed by atoms with E-state index in [2.05, 4.69) is 25.3 Å². The fourth-order valence-corrected chi connectivity index (χ4v) is 3.88. The molecule has 1 aromatic carbocycles. The zero-order chi connectivity index (χ0) is 26.2. The Morgan fingerprint density at radius 2 is 1.89 bits per heavy atom. The number of fused-ring (bicyclic) bond motifs is 1. The van der Waals surface area contributed by atoms with Crippen molar-refractivity contribution >= 4 is 6.09 Å². The predicted molar refractivity (Wildman–Crippen MR) is 129 cm³/mol. The molecule has 0 saturated carbocycles. The summed E-state index contributed by atoms with van der Waals surface area (Å²) in [6.07, 6.45) is 2.69. The van der Waals surface area contributed by atoms with Gasteiger partial charge in [-0.1, -0.05) is 5.16 Å². The molecule has 0 bridgehead atoms. The third-order valence-electron chi connectivity index (χ3n) is 5.73. The first-order chi connectivity index (χ1) is 17.7. The number of amides is 1. The Morgan fingerprint density at radius 3 is 2.59 bits per heavy atom. The predicted octanol–water partition coefficient (Wildman–Crippen LogP) is 4.17. The number of hydrogen-bond acceptors (Lipinski definition) is 9. The van der Waals surface area contributed by atoms with Gasteiger partial charge in [0, 0.05) is 18.7 Å². The third-order valence-corrected chi connectivity index (χ3v) is 5.73. The van der Waals surface area contributed by atoms with E-state index in [4.69, 9.17) is 14.0 Å².